The highest BCUT2D eigenvalue weighted by Gasteiger charge is 2.17. The number of carbonyl (C=O) groups is 1. The summed E-state index contributed by atoms with van der Waals surface area (Å²) in [5.41, 5.74) is 0.226. The summed E-state index contributed by atoms with van der Waals surface area (Å²) in [6.07, 6.45) is 0. The van der Waals surface area contributed by atoms with E-state index in [9.17, 15) is 9.90 Å². The molecule has 0 aliphatic rings. The number of methoxy groups -OCH3 is 2. The Labute approximate surface area is 105 Å². The Balaban J connectivity index is 2.94. The van der Waals surface area contributed by atoms with Crippen LogP contribution in [0.3, 0.4) is 0 Å². The normalized spacial score (nSPS) is 10.4. The molecular formula is C14H14O4. The van der Waals surface area contributed by atoms with E-state index in [0.717, 1.165) is 0 Å². The van der Waals surface area contributed by atoms with Crippen LogP contribution in [-0.4, -0.2) is 25.1 Å². The second-order valence-corrected chi connectivity index (χ2v) is 3.91. The largest absolute Gasteiger partial charge is 0.506 e. The number of phenols is 1. The Bertz CT molecular complexity index is 617. The molecule has 0 saturated heterocycles. The molecule has 0 spiro atoms. The summed E-state index contributed by atoms with van der Waals surface area (Å²) >= 11 is 0. The number of carbonyl (C=O) groups excluding carboxylic acids is 1. The highest BCUT2D eigenvalue weighted by atomic mass is 16.5. The van der Waals surface area contributed by atoms with E-state index in [2.05, 4.69) is 0 Å². The maximum absolute atomic E-state index is 11.5. The van der Waals surface area contributed by atoms with Gasteiger partial charge in [-0.25, -0.2) is 0 Å². The van der Waals surface area contributed by atoms with Gasteiger partial charge in [-0.2, -0.15) is 0 Å². The lowest BCUT2D eigenvalue weighted by Crippen LogP contribution is -1.97. The van der Waals surface area contributed by atoms with Gasteiger partial charge >= 0.3 is 0 Å². The summed E-state index contributed by atoms with van der Waals surface area (Å²) in [5.74, 6) is 0.743. The molecule has 2 aromatic carbocycles. The first-order valence-corrected chi connectivity index (χ1v) is 5.47. The molecule has 94 valence electrons. The van der Waals surface area contributed by atoms with Crippen LogP contribution >= 0.6 is 0 Å². The van der Waals surface area contributed by atoms with Crippen molar-refractivity contribution in [3.05, 3.63) is 29.8 Å². The fourth-order valence-electron chi connectivity index (χ4n) is 2.00. The summed E-state index contributed by atoms with van der Waals surface area (Å²) in [6.45, 7) is 1.40. The maximum atomic E-state index is 11.5. The van der Waals surface area contributed by atoms with Crippen molar-refractivity contribution >= 4 is 16.6 Å². The zero-order chi connectivity index (χ0) is 13.3. The highest BCUT2D eigenvalue weighted by Crippen LogP contribution is 2.41. The molecule has 0 aromatic heterocycles. The standard InChI is InChI=1S/C14H14O4/c1-8(15)10-7-12(18-3)9-5-4-6-11(17-2)13(9)14(10)16/h4-7,16H,1-3H3. The number of benzene rings is 2. The van der Waals surface area contributed by atoms with Crippen molar-refractivity contribution in [1.82, 2.24) is 0 Å². The molecule has 0 bridgehead atoms. The summed E-state index contributed by atoms with van der Waals surface area (Å²) in [6, 6.07) is 6.88. The van der Waals surface area contributed by atoms with Gasteiger partial charge in [0.1, 0.15) is 17.2 Å². The molecule has 18 heavy (non-hydrogen) atoms. The molecule has 0 heterocycles. The van der Waals surface area contributed by atoms with Crippen molar-refractivity contribution in [3.8, 4) is 17.2 Å². The van der Waals surface area contributed by atoms with E-state index < -0.39 is 0 Å². The highest BCUT2D eigenvalue weighted by molar-refractivity contribution is 6.07. The van der Waals surface area contributed by atoms with Gasteiger partial charge in [-0.15, -0.1) is 0 Å². The topological polar surface area (TPSA) is 55.8 Å². The third-order valence-corrected chi connectivity index (χ3v) is 2.88. The van der Waals surface area contributed by atoms with Gasteiger partial charge < -0.3 is 14.6 Å². The summed E-state index contributed by atoms with van der Waals surface area (Å²) < 4.78 is 10.5. The van der Waals surface area contributed by atoms with Crippen LogP contribution in [0.25, 0.3) is 10.8 Å². The van der Waals surface area contributed by atoms with E-state index in [1.54, 1.807) is 24.3 Å². The van der Waals surface area contributed by atoms with Crippen molar-refractivity contribution in [2.45, 2.75) is 6.92 Å². The molecule has 0 radical (unpaired) electrons. The molecule has 0 unspecified atom stereocenters. The summed E-state index contributed by atoms with van der Waals surface area (Å²) in [5, 5.41) is 11.4. The van der Waals surface area contributed by atoms with Crippen molar-refractivity contribution in [3.63, 3.8) is 0 Å². The number of phenolic OH excluding ortho intramolecular Hbond substituents is 1. The molecule has 0 atom stereocenters. The first-order valence-electron chi connectivity index (χ1n) is 5.47. The van der Waals surface area contributed by atoms with Crippen LogP contribution in [0.15, 0.2) is 24.3 Å². The summed E-state index contributed by atoms with van der Waals surface area (Å²) in [7, 11) is 3.04. The first-order chi connectivity index (χ1) is 8.60. The Hall–Kier alpha value is -2.23. The maximum Gasteiger partial charge on any atom is 0.163 e. The lowest BCUT2D eigenvalue weighted by Gasteiger charge is -2.13. The van der Waals surface area contributed by atoms with Gasteiger partial charge in [-0.3, -0.25) is 4.79 Å². The zero-order valence-electron chi connectivity index (χ0n) is 10.5. The van der Waals surface area contributed by atoms with Gasteiger partial charge in [-0.05, 0) is 19.1 Å². The van der Waals surface area contributed by atoms with Crippen LogP contribution in [-0.2, 0) is 0 Å². The van der Waals surface area contributed by atoms with Crippen LogP contribution in [0.1, 0.15) is 17.3 Å². The number of rotatable bonds is 3. The number of ether oxygens (including phenoxy) is 2. The van der Waals surface area contributed by atoms with Gasteiger partial charge in [0.2, 0.25) is 0 Å². The second-order valence-electron chi connectivity index (χ2n) is 3.91. The number of hydrogen-bond donors (Lipinski definition) is 1. The number of fused-ring (bicyclic) bond motifs is 1. The first kappa shape index (κ1) is 12.2. The van der Waals surface area contributed by atoms with Gasteiger partial charge in [-0.1, -0.05) is 12.1 Å². The average Bonchev–Trinajstić information content (AvgIpc) is 2.38. The smallest absolute Gasteiger partial charge is 0.163 e. The molecule has 0 aliphatic heterocycles. The Morgan fingerprint density at radius 3 is 2.39 bits per heavy atom. The van der Waals surface area contributed by atoms with Crippen LogP contribution in [0.4, 0.5) is 0 Å². The predicted octanol–water partition coefficient (Wildman–Crippen LogP) is 2.77. The average molecular weight is 246 g/mol. The number of ketones is 1. The van der Waals surface area contributed by atoms with Gasteiger partial charge in [0.15, 0.2) is 5.78 Å². The molecule has 4 heteroatoms. The Kier molecular flexibility index (Phi) is 3.10. The van der Waals surface area contributed by atoms with E-state index in [4.69, 9.17) is 9.47 Å². The Morgan fingerprint density at radius 2 is 1.83 bits per heavy atom. The minimum absolute atomic E-state index is 0.0734. The van der Waals surface area contributed by atoms with E-state index in [1.807, 2.05) is 0 Å². The van der Waals surface area contributed by atoms with E-state index in [1.165, 1.54) is 21.1 Å². The van der Waals surface area contributed by atoms with Crippen molar-refractivity contribution < 1.29 is 19.4 Å². The minimum atomic E-state index is -0.224. The van der Waals surface area contributed by atoms with Crippen molar-refractivity contribution in [1.29, 1.82) is 0 Å². The molecule has 2 aromatic rings. The van der Waals surface area contributed by atoms with Gasteiger partial charge in [0.25, 0.3) is 0 Å². The molecule has 0 aliphatic carbocycles. The van der Waals surface area contributed by atoms with E-state index in [0.29, 0.717) is 22.3 Å². The molecular weight excluding hydrogens is 232 g/mol. The summed E-state index contributed by atoms with van der Waals surface area (Å²) in [4.78, 5) is 11.5. The van der Waals surface area contributed by atoms with Crippen LogP contribution in [0, 0.1) is 0 Å². The van der Waals surface area contributed by atoms with Crippen LogP contribution in [0.2, 0.25) is 0 Å². The van der Waals surface area contributed by atoms with Gasteiger partial charge in [0.05, 0.1) is 25.2 Å². The molecule has 0 fully saturated rings. The fourth-order valence-corrected chi connectivity index (χ4v) is 2.00. The van der Waals surface area contributed by atoms with Crippen LogP contribution < -0.4 is 9.47 Å². The van der Waals surface area contributed by atoms with Crippen molar-refractivity contribution in [2.24, 2.45) is 0 Å². The molecule has 4 nitrogen and oxygen atoms in total. The van der Waals surface area contributed by atoms with Crippen molar-refractivity contribution in [2.75, 3.05) is 14.2 Å². The SMILES string of the molecule is COc1cc(C(C)=O)c(O)c2c(OC)cccc12. The van der Waals surface area contributed by atoms with E-state index in [-0.39, 0.29) is 17.1 Å². The lowest BCUT2D eigenvalue weighted by atomic mass is 10.0. The fraction of sp³-hybridized carbons (Fsp3) is 0.214. The molecule has 0 amide bonds. The molecule has 2 rings (SSSR count). The van der Waals surface area contributed by atoms with Crippen LogP contribution in [0.5, 0.6) is 17.2 Å². The third kappa shape index (κ3) is 1.76. The number of aromatic hydroxyl groups is 1. The monoisotopic (exact) mass is 246 g/mol. The number of Topliss-reactive ketones (excluding diaryl/α,β-unsaturated/α-hetero) is 1. The zero-order valence-corrected chi connectivity index (χ0v) is 10.5. The minimum Gasteiger partial charge on any atom is -0.506 e. The molecule has 0 saturated carbocycles. The second kappa shape index (κ2) is 4.56. The molecule has 1 N–H and O–H groups in total. The Morgan fingerprint density at radius 1 is 1.17 bits per heavy atom. The lowest BCUT2D eigenvalue weighted by molar-refractivity contribution is 0.101. The predicted molar refractivity (Wildman–Crippen MR) is 68.7 cm³/mol. The van der Waals surface area contributed by atoms with Gasteiger partial charge in [0, 0.05) is 5.39 Å². The number of hydrogen-bond acceptors (Lipinski definition) is 4. The van der Waals surface area contributed by atoms with E-state index >= 15 is 0 Å². The third-order valence-electron chi connectivity index (χ3n) is 2.88. The quantitative estimate of drug-likeness (QED) is 0.846.